The number of nitrogens with two attached hydrogens (primary N) is 1. The Morgan fingerprint density at radius 1 is 1.65 bits per heavy atom. The summed E-state index contributed by atoms with van der Waals surface area (Å²) in [5, 5.41) is 0.299. The lowest BCUT2D eigenvalue weighted by Gasteiger charge is -2.31. The molecule has 1 aliphatic heterocycles. The Morgan fingerprint density at radius 3 is 3.12 bits per heavy atom. The molecule has 2 heterocycles. The van der Waals surface area contributed by atoms with Crippen LogP contribution in [0, 0.1) is 5.92 Å². The smallest absolute Gasteiger partial charge is 0.256 e. The molecule has 2 N–H and O–H groups in total. The molecule has 0 aromatic carbocycles. The van der Waals surface area contributed by atoms with Crippen molar-refractivity contribution in [1.29, 1.82) is 0 Å². The van der Waals surface area contributed by atoms with Crippen molar-refractivity contribution in [3.05, 3.63) is 23.0 Å². The van der Waals surface area contributed by atoms with E-state index in [-0.39, 0.29) is 5.91 Å². The molecule has 0 radical (unpaired) electrons. The van der Waals surface area contributed by atoms with Gasteiger partial charge >= 0.3 is 0 Å². The van der Waals surface area contributed by atoms with Gasteiger partial charge in [-0.25, -0.2) is 4.98 Å². The molecule has 1 aromatic rings. The molecule has 1 atom stereocenters. The highest BCUT2D eigenvalue weighted by Gasteiger charge is 2.23. The first kappa shape index (κ1) is 12.2. The Kier molecular flexibility index (Phi) is 3.52. The molecule has 1 amide bonds. The third kappa shape index (κ3) is 2.69. The zero-order chi connectivity index (χ0) is 12.4. The molecule has 4 nitrogen and oxygen atoms in total. The molecule has 1 aliphatic rings. The molecule has 1 fully saturated rings. The molecule has 92 valence electrons. The number of piperidine rings is 1. The van der Waals surface area contributed by atoms with E-state index in [0.717, 1.165) is 19.5 Å². The number of halogens is 1. The fourth-order valence-electron chi connectivity index (χ4n) is 2.17. The summed E-state index contributed by atoms with van der Waals surface area (Å²) in [6.07, 6.45) is 3.66. The number of rotatable bonds is 1. The lowest BCUT2D eigenvalue weighted by Crippen LogP contribution is -2.39. The minimum atomic E-state index is -0.0432. The van der Waals surface area contributed by atoms with E-state index in [4.69, 9.17) is 17.3 Å². The van der Waals surface area contributed by atoms with E-state index in [0.29, 0.717) is 22.3 Å². The average Bonchev–Trinajstić information content (AvgIpc) is 2.31. The van der Waals surface area contributed by atoms with Crippen LogP contribution in [0.5, 0.6) is 0 Å². The summed E-state index contributed by atoms with van der Waals surface area (Å²) in [6.45, 7) is 3.74. The van der Waals surface area contributed by atoms with Gasteiger partial charge in [0.2, 0.25) is 0 Å². The predicted molar refractivity (Wildman–Crippen MR) is 68.0 cm³/mol. The maximum absolute atomic E-state index is 12.3. The van der Waals surface area contributed by atoms with Crippen LogP contribution in [0.15, 0.2) is 12.3 Å². The summed E-state index contributed by atoms with van der Waals surface area (Å²) >= 11 is 5.79. The van der Waals surface area contributed by atoms with Gasteiger partial charge in [-0.3, -0.25) is 4.79 Å². The van der Waals surface area contributed by atoms with Gasteiger partial charge in [-0.2, -0.15) is 0 Å². The van der Waals surface area contributed by atoms with Crippen molar-refractivity contribution < 1.29 is 4.79 Å². The summed E-state index contributed by atoms with van der Waals surface area (Å²) in [5.41, 5.74) is 6.61. The molecule has 0 aliphatic carbocycles. The highest BCUT2D eigenvalue weighted by atomic mass is 35.5. The van der Waals surface area contributed by atoms with E-state index >= 15 is 0 Å². The minimum absolute atomic E-state index is 0.0432. The first-order valence-corrected chi connectivity index (χ1v) is 6.16. The van der Waals surface area contributed by atoms with Crippen molar-refractivity contribution in [2.75, 3.05) is 18.8 Å². The normalized spacial score (nSPS) is 20.4. The Morgan fingerprint density at radius 2 is 2.41 bits per heavy atom. The van der Waals surface area contributed by atoms with E-state index < -0.39 is 0 Å². The number of amides is 1. The standard InChI is InChI=1S/C12H16ClN3O/c1-8-3-2-4-16(7-8)12(17)9-5-11(13)15-6-10(9)14/h5-6,8H,2-4,7,14H2,1H3. The van der Waals surface area contributed by atoms with E-state index in [1.54, 1.807) is 6.07 Å². The largest absolute Gasteiger partial charge is 0.397 e. The van der Waals surface area contributed by atoms with Crippen molar-refractivity contribution in [1.82, 2.24) is 9.88 Å². The molecule has 0 bridgehead atoms. The van der Waals surface area contributed by atoms with Crippen LogP contribution in [-0.2, 0) is 0 Å². The van der Waals surface area contributed by atoms with Crippen LogP contribution in [0.25, 0.3) is 0 Å². The van der Waals surface area contributed by atoms with Crippen LogP contribution in [0.3, 0.4) is 0 Å². The van der Waals surface area contributed by atoms with Gasteiger partial charge in [0.15, 0.2) is 0 Å². The zero-order valence-electron chi connectivity index (χ0n) is 9.82. The quantitative estimate of drug-likeness (QED) is 0.781. The number of carbonyl (C=O) groups is 1. The number of pyridine rings is 1. The monoisotopic (exact) mass is 253 g/mol. The maximum Gasteiger partial charge on any atom is 0.256 e. The summed E-state index contributed by atoms with van der Waals surface area (Å²) < 4.78 is 0. The summed E-state index contributed by atoms with van der Waals surface area (Å²) in [4.78, 5) is 18.0. The average molecular weight is 254 g/mol. The molecule has 2 rings (SSSR count). The van der Waals surface area contributed by atoms with Gasteiger partial charge in [0, 0.05) is 13.1 Å². The Hall–Kier alpha value is -1.29. The second-order valence-electron chi connectivity index (χ2n) is 4.59. The molecule has 17 heavy (non-hydrogen) atoms. The van der Waals surface area contributed by atoms with Crippen LogP contribution in [-0.4, -0.2) is 28.9 Å². The minimum Gasteiger partial charge on any atom is -0.397 e. The fraction of sp³-hybridized carbons (Fsp3) is 0.500. The summed E-state index contributed by atoms with van der Waals surface area (Å²) in [7, 11) is 0. The molecule has 1 saturated heterocycles. The van der Waals surface area contributed by atoms with Crippen LogP contribution in [0.2, 0.25) is 5.15 Å². The van der Waals surface area contributed by atoms with Crippen LogP contribution in [0.4, 0.5) is 5.69 Å². The highest BCUT2D eigenvalue weighted by Crippen LogP contribution is 2.21. The molecule has 0 saturated carbocycles. The van der Waals surface area contributed by atoms with Gasteiger partial charge in [0.1, 0.15) is 5.15 Å². The van der Waals surface area contributed by atoms with Gasteiger partial charge in [-0.1, -0.05) is 18.5 Å². The van der Waals surface area contributed by atoms with Crippen LogP contribution in [0.1, 0.15) is 30.1 Å². The lowest BCUT2D eigenvalue weighted by atomic mass is 9.99. The Bertz CT molecular complexity index is 436. The number of nitrogen functional groups attached to an aromatic ring is 1. The second kappa shape index (κ2) is 4.92. The first-order chi connectivity index (χ1) is 8.08. The highest BCUT2D eigenvalue weighted by molar-refractivity contribution is 6.29. The molecule has 1 unspecified atom stereocenters. The van der Waals surface area contributed by atoms with E-state index in [9.17, 15) is 4.79 Å². The summed E-state index contributed by atoms with van der Waals surface area (Å²) in [6, 6.07) is 1.54. The van der Waals surface area contributed by atoms with Gasteiger partial charge in [-0.15, -0.1) is 0 Å². The molecule has 5 heteroatoms. The number of hydrogen-bond acceptors (Lipinski definition) is 3. The zero-order valence-corrected chi connectivity index (χ0v) is 10.6. The van der Waals surface area contributed by atoms with E-state index in [2.05, 4.69) is 11.9 Å². The number of nitrogens with zero attached hydrogens (tertiary/aromatic N) is 2. The third-order valence-corrected chi connectivity index (χ3v) is 3.28. The fourth-order valence-corrected chi connectivity index (χ4v) is 2.33. The second-order valence-corrected chi connectivity index (χ2v) is 4.98. The van der Waals surface area contributed by atoms with Crippen molar-refractivity contribution >= 4 is 23.2 Å². The molecule has 0 spiro atoms. The van der Waals surface area contributed by atoms with Crippen molar-refractivity contribution in [2.24, 2.45) is 5.92 Å². The molecular weight excluding hydrogens is 238 g/mol. The molecular formula is C12H16ClN3O. The van der Waals surface area contributed by atoms with Gasteiger partial charge in [0.25, 0.3) is 5.91 Å². The van der Waals surface area contributed by atoms with E-state index in [1.165, 1.54) is 12.6 Å². The van der Waals surface area contributed by atoms with Crippen molar-refractivity contribution in [3.63, 3.8) is 0 Å². The SMILES string of the molecule is CC1CCCN(C(=O)c2cc(Cl)ncc2N)C1. The van der Waals surface area contributed by atoms with E-state index in [1.807, 2.05) is 4.90 Å². The van der Waals surface area contributed by atoms with Gasteiger partial charge < -0.3 is 10.6 Å². The number of hydrogen-bond donors (Lipinski definition) is 1. The van der Waals surface area contributed by atoms with Gasteiger partial charge in [0.05, 0.1) is 17.4 Å². The van der Waals surface area contributed by atoms with Crippen LogP contribution < -0.4 is 5.73 Å². The topological polar surface area (TPSA) is 59.2 Å². The number of likely N-dealkylation sites (tertiary alicyclic amines) is 1. The Labute approximate surface area is 106 Å². The van der Waals surface area contributed by atoms with Crippen LogP contribution >= 0.6 is 11.6 Å². The first-order valence-electron chi connectivity index (χ1n) is 5.78. The lowest BCUT2D eigenvalue weighted by molar-refractivity contribution is 0.0684. The number of carbonyl (C=O) groups excluding carboxylic acids is 1. The van der Waals surface area contributed by atoms with Crippen molar-refractivity contribution in [2.45, 2.75) is 19.8 Å². The summed E-state index contributed by atoms with van der Waals surface area (Å²) in [5.74, 6) is 0.504. The van der Waals surface area contributed by atoms with Crippen molar-refractivity contribution in [3.8, 4) is 0 Å². The number of aromatic nitrogens is 1. The maximum atomic E-state index is 12.3. The number of anilines is 1. The predicted octanol–water partition coefficient (Wildman–Crippen LogP) is 2.19. The molecule has 1 aromatic heterocycles. The Balaban J connectivity index is 2.21. The van der Waals surface area contributed by atoms with Gasteiger partial charge in [-0.05, 0) is 24.8 Å². The third-order valence-electron chi connectivity index (χ3n) is 3.08.